The lowest BCUT2D eigenvalue weighted by Gasteiger charge is -2.31. The lowest BCUT2D eigenvalue weighted by Crippen LogP contribution is -2.49. The second kappa shape index (κ2) is 4.36. The van der Waals surface area contributed by atoms with E-state index in [1.54, 1.807) is 16.8 Å². The summed E-state index contributed by atoms with van der Waals surface area (Å²) in [5.41, 5.74) is 5.35. The van der Waals surface area contributed by atoms with Crippen LogP contribution in [0.25, 0.3) is 0 Å². The van der Waals surface area contributed by atoms with E-state index in [0.29, 0.717) is 19.0 Å². The molecule has 0 saturated carbocycles. The molecule has 0 bridgehead atoms. The van der Waals surface area contributed by atoms with Crippen LogP contribution in [0.5, 0.6) is 0 Å². The summed E-state index contributed by atoms with van der Waals surface area (Å²) in [6.07, 6.45) is 2.74. The average molecular weight is 235 g/mol. The van der Waals surface area contributed by atoms with E-state index >= 15 is 0 Å². The number of anilines is 1. The van der Waals surface area contributed by atoms with E-state index < -0.39 is 5.91 Å². The first-order valence-corrected chi connectivity index (χ1v) is 5.18. The summed E-state index contributed by atoms with van der Waals surface area (Å²) in [5, 5.41) is 0. The molecule has 0 aliphatic carbocycles. The smallest absolute Gasteiger partial charge is 0.251 e. The minimum Gasteiger partial charge on any atom is -0.366 e. The van der Waals surface area contributed by atoms with Gasteiger partial charge in [0.2, 0.25) is 11.9 Å². The zero-order chi connectivity index (χ0) is 12.4. The number of piperazine rings is 1. The molecule has 17 heavy (non-hydrogen) atoms. The van der Waals surface area contributed by atoms with Crippen molar-refractivity contribution in [3.63, 3.8) is 0 Å². The molecule has 0 spiro atoms. The predicted molar refractivity (Wildman–Crippen MR) is 60.4 cm³/mol. The van der Waals surface area contributed by atoms with Gasteiger partial charge in [0, 0.05) is 32.5 Å². The number of carbonyl (C=O) groups excluding carboxylic acids is 2. The Balaban J connectivity index is 2.13. The van der Waals surface area contributed by atoms with Gasteiger partial charge in [-0.1, -0.05) is 0 Å². The summed E-state index contributed by atoms with van der Waals surface area (Å²) in [6, 6.07) is 0. The quantitative estimate of drug-likeness (QED) is 0.699. The van der Waals surface area contributed by atoms with Gasteiger partial charge in [-0.25, -0.2) is 9.97 Å². The fourth-order valence-corrected chi connectivity index (χ4v) is 1.54. The van der Waals surface area contributed by atoms with Crippen LogP contribution in [0.4, 0.5) is 5.95 Å². The Bertz CT molecular complexity index is 445. The van der Waals surface area contributed by atoms with Crippen molar-refractivity contribution in [3.8, 4) is 0 Å². The molecule has 2 rings (SSSR count). The van der Waals surface area contributed by atoms with E-state index in [-0.39, 0.29) is 18.0 Å². The van der Waals surface area contributed by atoms with E-state index in [0.717, 1.165) is 0 Å². The molecular formula is C10H13N5O2. The molecule has 7 heteroatoms. The van der Waals surface area contributed by atoms with Crippen molar-refractivity contribution in [2.75, 3.05) is 31.6 Å². The van der Waals surface area contributed by atoms with Crippen molar-refractivity contribution in [1.29, 1.82) is 0 Å². The highest BCUT2D eigenvalue weighted by Crippen LogP contribution is 2.10. The van der Waals surface area contributed by atoms with Crippen LogP contribution in [-0.4, -0.2) is 53.4 Å². The van der Waals surface area contributed by atoms with Crippen molar-refractivity contribution < 1.29 is 9.59 Å². The Labute approximate surface area is 98.2 Å². The Morgan fingerprint density at radius 2 is 2.00 bits per heavy atom. The molecule has 1 aliphatic rings. The molecule has 0 radical (unpaired) electrons. The number of aromatic nitrogens is 2. The van der Waals surface area contributed by atoms with Crippen molar-refractivity contribution >= 4 is 17.8 Å². The lowest BCUT2D eigenvalue weighted by atomic mass is 10.3. The number of rotatable bonds is 2. The van der Waals surface area contributed by atoms with Gasteiger partial charge in [-0.3, -0.25) is 9.59 Å². The minimum absolute atomic E-state index is 0.0267. The van der Waals surface area contributed by atoms with Crippen LogP contribution in [0.1, 0.15) is 10.4 Å². The monoisotopic (exact) mass is 235 g/mol. The average Bonchev–Trinajstić information content (AvgIpc) is 2.33. The molecule has 1 aromatic rings. The zero-order valence-corrected chi connectivity index (χ0v) is 9.46. The number of nitrogens with two attached hydrogens (primary N) is 1. The fraction of sp³-hybridized carbons (Fsp3) is 0.400. The van der Waals surface area contributed by atoms with E-state index in [1.165, 1.54) is 12.4 Å². The van der Waals surface area contributed by atoms with Crippen LogP contribution in [-0.2, 0) is 4.79 Å². The van der Waals surface area contributed by atoms with Gasteiger partial charge in [0.05, 0.1) is 12.1 Å². The number of hydrogen-bond donors (Lipinski definition) is 1. The van der Waals surface area contributed by atoms with Gasteiger partial charge >= 0.3 is 0 Å². The van der Waals surface area contributed by atoms with Gasteiger partial charge in [0.15, 0.2) is 0 Å². The maximum atomic E-state index is 11.5. The summed E-state index contributed by atoms with van der Waals surface area (Å²) in [5.74, 6) is -0.0960. The lowest BCUT2D eigenvalue weighted by molar-refractivity contribution is -0.129. The van der Waals surface area contributed by atoms with E-state index in [4.69, 9.17) is 5.73 Å². The molecule has 1 fully saturated rings. The molecule has 1 saturated heterocycles. The van der Waals surface area contributed by atoms with E-state index in [9.17, 15) is 9.59 Å². The molecule has 2 N–H and O–H groups in total. The highest BCUT2D eigenvalue weighted by molar-refractivity contribution is 5.92. The summed E-state index contributed by atoms with van der Waals surface area (Å²) < 4.78 is 0. The highest BCUT2D eigenvalue weighted by Gasteiger charge is 2.22. The number of hydrogen-bond acceptors (Lipinski definition) is 5. The summed E-state index contributed by atoms with van der Waals surface area (Å²) in [4.78, 5) is 33.8. The predicted octanol–water partition coefficient (Wildman–Crippen LogP) is -1.15. The summed E-state index contributed by atoms with van der Waals surface area (Å²) >= 11 is 0. The maximum absolute atomic E-state index is 11.5. The Hall–Kier alpha value is -2.18. The zero-order valence-electron chi connectivity index (χ0n) is 9.46. The first-order valence-electron chi connectivity index (χ1n) is 5.18. The summed E-state index contributed by atoms with van der Waals surface area (Å²) in [7, 11) is 1.76. The third-order valence-corrected chi connectivity index (χ3v) is 2.66. The van der Waals surface area contributed by atoms with Gasteiger partial charge in [-0.15, -0.1) is 0 Å². The fourth-order valence-electron chi connectivity index (χ4n) is 1.54. The van der Waals surface area contributed by atoms with Crippen molar-refractivity contribution in [1.82, 2.24) is 14.9 Å². The first-order chi connectivity index (χ1) is 8.08. The van der Waals surface area contributed by atoms with Crippen molar-refractivity contribution in [2.24, 2.45) is 5.73 Å². The van der Waals surface area contributed by atoms with Gasteiger partial charge in [-0.2, -0.15) is 0 Å². The highest BCUT2D eigenvalue weighted by atomic mass is 16.2. The number of amides is 2. The minimum atomic E-state index is -0.564. The molecule has 90 valence electrons. The Morgan fingerprint density at radius 1 is 1.35 bits per heavy atom. The topological polar surface area (TPSA) is 92.4 Å². The number of primary amides is 1. The third kappa shape index (κ3) is 2.32. The molecule has 0 aromatic carbocycles. The third-order valence-electron chi connectivity index (χ3n) is 2.66. The number of likely N-dealkylation sites (N-methyl/N-ethyl adjacent to an activating group) is 1. The summed E-state index contributed by atoms with van der Waals surface area (Å²) in [6.45, 7) is 1.57. The molecule has 2 amide bonds. The molecule has 0 atom stereocenters. The molecule has 1 aliphatic heterocycles. The molecule has 2 heterocycles. The van der Waals surface area contributed by atoms with Gasteiger partial charge in [0.25, 0.3) is 5.91 Å². The van der Waals surface area contributed by atoms with Crippen LogP contribution in [0.3, 0.4) is 0 Å². The van der Waals surface area contributed by atoms with Crippen LogP contribution in [0.15, 0.2) is 12.4 Å². The normalized spacial score (nSPS) is 16.2. The van der Waals surface area contributed by atoms with Crippen LogP contribution in [0, 0.1) is 0 Å². The molecule has 1 aromatic heterocycles. The number of nitrogens with zero attached hydrogens (tertiary/aromatic N) is 4. The van der Waals surface area contributed by atoms with Gasteiger partial charge < -0.3 is 15.5 Å². The second-order valence-electron chi connectivity index (χ2n) is 3.87. The molecule has 0 unspecified atom stereocenters. The van der Waals surface area contributed by atoms with E-state index in [2.05, 4.69) is 9.97 Å². The van der Waals surface area contributed by atoms with Crippen LogP contribution < -0.4 is 10.6 Å². The first kappa shape index (κ1) is 11.3. The standard InChI is InChI=1S/C10H13N5O2/c1-14-2-3-15(6-8(14)16)10-12-4-7(5-13-10)9(11)17/h4-5H,2-3,6H2,1H3,(H2,11,17). The SMILES string of the molecule is CN1CCN(c2ncc(C(N)=O)cn2)CC1=O. The van der Waals surface area contributed by atoms with Crippen molar-refractivity contribution in [2.45, 2.75) is 0 Å². The molecular weight excluding hydrogens is 222 g/mol. The van der Waals surface area contributed by atoms with Crippen LogP contribution >= 0.6 is 0 Å². The Morgan fingerprint density at radius 3 is 2.53 bits per heavy atom. The largest absolute Gasteiger partial charge is 0.366 e. The van der Waals surface area contributed by atoms with Gasteiger partial charge in [-0.05, 0) is 0 Å². The second-order valence-corrected chi connectivity index (χ2v) is 3.87. The molecule has 7 nitrogen and oxygen atoms in total. The van der Waals surface area contributed by atoms with Crippen molar-refractivity contribution in [3.05, 3.63) is 18.0 Å². The van der Waals surface area contributed by atoms with Gasteiger partial charge in [0.1, 0.15) is 0 Å². The maximum Gasteiger partial charge on any atom is 0.251 e. The Kier molecular flexibility index (Phi) is 2.90. The number of carbonyl (C=O) groups is 2. The van der Waals surface area contributed by atoms with Crippen LogP contribution in [0.2, 0.25) is 0 Å². The van der Waals surface area contributed by atoms with E-state index in [1.807, 2.05) is 0 Å².